The van der Waals surface area contributed by atoms with Crippen LogP contribution in [-0.2, 0) is 17.6 Å². The molecule has 0 bridgehead atoms. The lowest BCUT2D eigenvalue weighted by Gasteiger charge is -2.10. The number of aliphatic hydroxyl groups is 1. The molecule has 0 saturated heterocycles. The van der Waals surface area contributed by atoms with Crippen LogP contribution in [0.4, 0.5) is 0 Å². The highest BCUT2D eigenvalue weighted by Crippen LogP contribution is 2.32. The average Bonchev–Trinajstić information content (AvgIpc) is 2.81. The van der Waals surface area contributed by atoms with E-state index >= 15 is 0 Å². The molecule has 0 fully saturated rings. The van der Waals surface area contributed by atoms with Gasteiger partial charge in [-0.2, -0.15) is 0 Å². The maximum absolute atomic E-state index is 11.1. The van der Waals surface area contributed by atoms with E-state index in [1.54, 1.807) is 13.2 Å². The maximum atomic E-state index is 11.1. The lowest BCUT2D eigenvalue weighted by atomic mass is 10.1. The summed E-state index contributed by atoms with van der Waals surface area (Å²) in [7, 11) is 1.57. The van der Waals surface area contributed by atoms with Gasteiger partial charge in [-0.05, 0) is 36.8 Å². The van der Waals surface area contributed by atoms with Gasteiger partial charge in [-0.3, -0.25) is 4.79 Å². The first-order valence-electron chi connectivity index (χ1n) is 6.07. The van der Waals surface area contributed by atoms with Crippen molar-refractivity contribution in [3.05, 3.63) is 22.9 Å². The van der Waals surface area contributed by atoms with Crippen LogP contribution in [0.2, 0.25) is 0 Å². The number of aliphatic hydroxyl groups excluding tert-OH is 1. The van der Waals surface area contributed by atoms with Gasteiger partial charge in [0.15, 0.2) is 6.61 Å². The molecule has 0 radical (unpaired) electrons. The predicted molar refractivity (Wildman–Crippen MR) is 66.5 cm³/mol. The Balaban J connectivity index is 2.13. The van der Waals surface area contributed by atoms with E-state index < -0.39 is 0 Å². The minimum atomic E-state index is -0.176. The van der Waals surface area contributed by atoms with E-state index in [9.17, 15) is 9.90 Å². The lowest BCUT2D eigenvalue weighted by molar-refractivity contribution is -0.122. The molecule has 1 aliphatic rings. The molecular weight excluding hydrogens is 232 g/mol. The highest BCUT2D eigenvalue weighted by atomic mass is 16.5. The Hall–Kier alpha value is -1.62. The summed E-state index contributed by atoms with van der Waals surface area (Å²) in [5, 5.41) is 11.7. The number of fused-ring (bicyclic) bond motifs is 1. The van der Waals surface area contributed by atoms with Crippen molar-refractivity contribution in [2.45, 2.75) is 19.8 Å². The molecule has 0 aromatic carbocycles. The van der Waals surface area contributed by atoms with Crippen molar-refractivity contribution < 1.29 is 14.6 Å². The third kappa shape index (κ3) is 2.46. The lowest BCUT2D eigenvalue weighted by Crippen LogP contribution is -2.25. The van der Waals surface area contributed by atoms with Crippen LogP contribution in [0.25, 0.3) is 0 Å². The molecule has 1 aromatic rings. The molecule has 0 spiro atoms. The van der Waals surface area contributed by atoms with Crippen molar-refractivity contribution in [3.8, 4) is 5.88 Å². The van der Waals surface area contributed by atoms with Crippen LogP contribution in [0, 0.1) is 12.8 Å². The predicted octanol–water partition coefficient (Wildman–Crippen LogP) is 0.222. The smallest absolute Gasteiger partial charge is 0.257 e. The van der Waals surface area contributed by atoms with Crippen molar-refractivity contribution in [2.24, 2.45) is 5.92 Å². The Morgan fingerprint density at radius 2 is 2.39 bits per heavy atom. The molecule has 2 rings (SSSR count). The summed E-state index contributed by atoms with van der Waals surface area (Å²) in [6.45, 7) is 2.12. The number of likely N-dealkylation sites (N-methyl/N-ethyl adjacent to an activating group) is 1. The molecule has 0 saturated carbocycles. The Kier molecular flexibility index (Phi) is 3.81. The standard InChI is InChI=1S/C13H18N2O3/c1-8-11-4-9(6-16)3-10(11)5-15-13(8)18-7-12(17)14-2/h5,9,16H,3-4,6-7H2,1-2H3,(H,14,17). The van der Waals surface area contributed by atoms with Crippen LogP contribution in [0.5, 0.6) is 5.88 Å². The summed E-state index contributed by atoms with van der Waals surface area (Å²) in [5.41, 5.74) is 3.36. The van der Waals surface area contributed by atoms with Crippen LogP contribution in [0.1, 0.15) is 16.7 Å². The quantitative estimate of drug-likeness (QED) is 0.802. The van der Waals surface area contributed by atoms with Crippen molar-refractivity contribution >= 4 is 5.91 Å². The van der Waals surface area contributed by atoms with Crippen LogP contribution in [0.3, 0.4) is 0 Å². The van der Waals surface area contributed by atoms with Gasteiger partial charge in [0.2, 0.25) is 5.88 Å². The highest BCUT2D eigenvalue weighted by Gasteiger charge is 2.24. The third-order valence-corrected chi connectivity index (χ3v) is 3.38. The van der Waals surface area contributed by atoms with Gasteiger partial charge >= 0.3 is 0 Å². The molecule has 1 heterocycles. The van der Waals surface area contributed by atoms with Gasteiger partial charge in [-0.15, -0.1) is 0 Å². The van der Waals surface area contributed by atoms with Gasteiger partial charge in [0.25, 0.3) is 5.91 Å². The zero-order chi connectivity index (χ0) is 13.1. The topological polar surface area (TPSA) is 71.5 Å². The van der Waals surface area contributed by atoms with E-state index in [2.05, 4.69) is 10.3 Å². The molecule has 1 amide bonds. The highest BCUT2D eigenvalue weighted by molar-refractivity contribution is 5.77. The molecule has 2 N–H and O–H groups in total. The fraction of sp³-hybridized carbons (Fsp3) is 0.538. The molecular formula is C13H18N2O3. The number of pyridine rings is 1. The van der Waals surface area contributed by atoms with E-state index in [1.807, 2.05) is 6.92 Å². The minimum absolute atomic E-state index is 0.0213. The molecule has 1 aliphatic carbocycles. The minimum Gasteiger partial charge on any atom is -0.467 e. The van der Waals surface area contributed by atoms with E-state index in [0.717, 1.165) is 18.4 Å². The Morgan fingerprint density at radius 1 is 1.61 bits per heavy atom. The zero-order valence-corrected chi connectivity index (χ0v) is 10.7. The average molecular weight is 250 g/mol. The summed E-state index contributed by atoms with van der Waals surface area (Å²) < 4.78 is 5.40. The Labute approximate surface area is 106 Å². The second kappa shape index (κ2) is 5.35. The first-order chi connectivity index (χ1) is 8.65. The van der Waals surface area contributed by atoms with Crippen molar-refractivity contribution in [2.75, 3.05) is 20.3 Å². The van der Waals surface area contributed by atoms with Gasteiger partial charge in [-0.1, -0.05) is 0 Å². The summed E-state index contributed by atoms with van der Waals surface area (Å²) >= 11 is 0. The molecule has 5 nitrogen and oxygen atoms in total. The Morgan fingerprint density at radius 3 is 3.06 bits per heavy atom. The largest absolute Gasteiger partial charge is 0.467 e. The van der Waals surface area contributed by atoms with Crippen LogP contribution in [-0.4, -0.2) is 36.3 Å². The monoisotopic (exact) mass is 250 g/mol. The van der Waals surface area contributed by atoms with Crippen molar-refractivity contribution in [1.29, 1.82) is 0 Å². The SMILES string of the molecule is CNC(=O)COc1ncc2c(c1C)CC(CO)C2. The number of nitrogens with zero attached hydrogens (tertiary/aromatic N) is 1. The van der Waals surface area contributed by atoms with Crippen molar-refractivity contribution in [1.82, 2.24) is 10.3 Å². The molecule has 1 unspecified atom stereocenters. The maximum Gasteiger partial charge on any atom is 0.257 e. The van der Waals surface area contributed by atoms with E-state index in [1.165, 1.54) is 11.1 Å². The molecule has 0 aliphatic heterocycles. The number of carbonyl (C=O) groups is 1. The van der Waals surface area contributed by atoms with Crippen LogP contribution >= 0.6 is 0 Å². The van der Waals surface area contributed by atoms with E-state index in [0.29, 0.717) is 5.88 Å². The third-order valence-electron chi connectivity index (χ3n) is 3.38. The number of rotatable bonds is 4. The molecule has 18 heavy (non-hydrogen) atoms. The first-order valence-corrected chi connectivity index (χ1v) is 6.07. The fourth-order valence-corrected chi connectivity index (χ4v) is 2.29. The number of aromatic nitrogens is 1. The van der Waals surface area contributed by atoms with E-state index in [4.69, 9.17) is 4.74 Å². The van der Waals surface area contributed by atoms with Crippen LogP contribution < -0.4 is 10.1 Å². The summed E-state index contributed by atoms with van der Waals surface area (Å²) in [6, 6.07) is 0. The van der Waals surface area contributed by atoms with Gasteiger partial charge in [0.05, 0.1) is 0 Å². The molecule has 1 atom stereocenters. The second-order valence-corrected chi connectivity index (χ2v) is 4.61. The summed E-state index contributed by atoms with van der Waals surface area (Å²) in [5.74, 6) is 0.621. The molecule has 1 aromatic heterocycles. The van der Waals surface area contributed by atoms with Crippen LogP contribution in [0.15, 0.2) is 6.20 Å². The Bertz CT molecular complexity index is 460. The summed E-state index contributed by atoms with van der Waals surface area (Å²) in [4.78, 5) is 15.4. The molecule has 98 valence electrons. The first kappa shape index (κ1) is 12.8. The van der Waals surface area contributed by atoms with Gasteiger partial charge < -0.3 is 15.2 Å². The van der Waals surface area contributed by atoms with Gasteiger partial charge in [0, 0.05) is 25.4 Å². The number of hydrogen-bond donors (Lipinski definition) is 2. The second-order valence-electron chi connectivity index (χ2n) is 4.61. The number of ether oxygens (including phenoxy) is 1. The normalized spacial score (nSPS) is 17.4. The van der Waals surface area contributed by atoms with E-state index in [-0.39, 0.29) is 25.0 Å². The number of nitrogens with one attached hydrogen (secondary N) is 1. The fourth-order valence-electron chi connectivity index (χ4n) is 2.29. The number of hydrogen-bond acceptors (Lipinski definition) is 4. The molecule has 5 heteroatoms. The van der Waals surface area contributed by atoms with Gasteiger partial charge in [-0.25, -0.2) is 4.98 Å². The number of carbonyl (C=O) groups excluding carboxylic acids is 1. The zero-order valence-electron chi connectivity index (χ0n) is 10.7. The summed E-state index contributed by atoms with van der Waals surface area (Å²) in [6.07, 6.45) is 3.52. The van der Waals surface area contributed by atoms with Gasteiger partial charge in [0.1, 0.15) is 0 Å². The van der Waals surface area contributed by atoms with Crippen molar-refractivity contribution in [3.63, 3.8) is 0 Å². The number of amides is 1.